The molecule has 4 nitrogen and oxygen atoms in total. The highest BCUT2D eigenvalue weighted by Crippen LogP contribution is 2.28. The van der Waals surface area contributed by atoms with Gasteiger partial charge in [-0.2, -0.15) is 0 Å². The number of aldehydes is 1. The van der Waals surface area contributed by atoms with Gasteiger partial charge in [0.2, 0.25) is 0 Å². The van der Waals surface area contributed by atoms with E-state index in [1.54, 1.807) is 18.3 Å². The number of benzene rings is 2. The van der Waals surface area contributed by atoms with Gasteiger partial charge in [-0.05, 0) is 61.7 Å². The van der Waals surface area contributed by atoms with E-state index in [0.717, 1.165) is 43.3 Å². The Morgan fingerprint density at radius 3 is 2.71 bits per heavy atom. The van der Waals surface area contributed by atoms with Crippen molar-refractivity contribution in [3.63, 3.8) is 0 Å². The molecule has 0 atom stereocenters. The second-order valence-electron chi connectivity index (χ2n) is 7.20. The van der Waals surface area contributed by atoms with Crippen molar-refractivity contribution >= 4 is 18.0 Å². The monoisotopic (exact) mass is 382 g/mol. The van der Waals surface area contributed by atoms with Gasteiger partial charge in [0.15, 0.2) is 6.29 Å². The van der Waals surface area contributed by atoms with Crippen molar-refractivity contribution in [2.45, 2.75) is 19.8 Å². The van der Waals surface area contributed by atoms with Crippen LogP contribution in [0, 0.1) is 18.7 Å². The van der Waals surface area contributed by atoms with Crippen LogP contribution in [0.25, 0.3) is 6.08 Å². The molecular formula is C23H27FN2O2. The van der Waals surface area contributed by atoms with Gasteiger partial charge < -0.3 is 15.0 Å². The van der Waals surface area contributed by atoms with E-state index in [0.29, 0.717) is 29.5 Å². The van der Waals surface area contributed by atoms with Gasteiger partial charge in [-0.1, -0.05) is 18.2 Å². The van der Waals surface area contributed by atoms with Gasteiger partial charge in [0.05, 0.1) is 12.3 Å². The molecule has 1 fully saturated rings. The van der Waals surface area contributed by atoms with Crippen molar-refractivity contribution in [1.29, 1.82) is 0 Å². The van der Waals surface area contributed by atoms with Crippen molar-refractivity contribution in [3.8, 4) is 5.75 Å². The van der Waals surface area contributed by atoms with Gasteiger partial charge >= 0.3 is 0 Å². The van der Waals surface area contributed by atoms with Crippen LogP contribution in [0.4, 0.5) is 10.1 Å². The zero-order valence-corrected chi connectivity index (χ0v) is 16.5. The number of carbonyl (C=O) groups excluding carboxylic acids is 1. The Kier molecular flexibility index (Phi) is 6.69. The van der Waals surface area contributed by atoms with Gasteiger partial charge in [-0.25, -0.2) is 4.39 Å². The van der Waals surface area contributed by atoms with Crippen molar-refractivity contribution < 1.29 is 13.9 Å². The maximum Gasteiger partial charge on any atom is 0.150 e. The van der Waals surface area contributed by atoms with Gasteiger partial charge in [0, 0.05) is 31.3 Å². The van der Waals surface area contributed by atoms with Crippen LogP contribution in [0.3, 0.4) is 0 Å². The van der Waals surface area contributed by atoms with Crippen LogP contribution in [0.2, 0.25) is 0 Å². The summed E-state index contributed by atoms with van der Waals surface area (Å²) in [5.41, 5.74) is 3.01. The molecule has 2 aromatic carbocycles. The Morgan fingerprint density at radius 2 is 2.04 bits per heavy atom. The van der Waals surface area contributed by atoms with Crippen molar-refractivity contribution in [2.75, 3.05) is 31.6 Å². The lowest BCUT2D eigenvalue weighted by molar-refractivity contribution is 0.112. The summed E-state index contributed by atoms with van der Waals surface area (Å²) in [6, 6.07) is 10.9. The number of hydrogen-bond acceptors (Lipinski definition) is 4. The van der Waals surface area contributed by atoms with E-state index in [1.165, 1.54) is 0 Å². The predicted molar refractivity (Wildman–Crippen MR) is 111 cm³/mol. The number of anilines is 1. The van der Waals surface area contributed by atoms with Gasteiger partial charge in [-0.3, -0.25) is 4.79 Å². The number of nitrogens with zero attached hydrogens (tertiary/aromatic N) is 1. The van der Waals surface area contributed by atoms with E-state index in [-0.39, 0.29) is 5.82 Å². The van der Waals surface area contributed by atoms with E-state index in [2.05, 4.69) is 10.2 Å². The minimum atomic E-state index is -0.152. The largest absolute Gasteiger partial charge is 0.493 e. The SMILES string of the molecule is CN/C=C\c1c(C=O)cccc1OCC1CCN(c2ccc(C)cc2F)CC1. The fourth-order valence-corrected chi connectivity index (χ4v) is 3.55. The maximum absolute atomic E-state index is 14.2. The Balaban J connectivity index is 1.60. The fourth-order valence-electron chi connectivity index (χ4n) is 3.55. The summed E-state index contributed by atoms with van der Waals surface area (Å²) in [6.45, 7) is 4.12. The first-order chi connectivity index (χ1) is 13.6. The first kappa shape index (κ1) is 19.9. The number of hydrogen-bond donors (Lipinski definition) is 1. The predicted octanol–water partition coefficient (Wildman–Crippen LogP) is 4.43. The van der Waals surface area contributed by atoms with Crippen LogP contribution >= 0.6 is 0 Å². The molecule has 0 saturated carbocycles. The maximum atomic E-state index is 14.2. The zero-order chi connectivity index (χ0) is 19.9. The number of ether oxygens (including phenoxy) is 1. The van der Waals surface area contributed by atoms with Crippen LogP contribution in [0.15, 0.2) is 42.6 Å². The molecule has 28 heavy (non-hydrogen) atoms. The second-order valence-corrected chi connectivity index (χ2v) is 7.20. The first-order valence-corrected chi connectivity index (χ1v) is 9.68. The summed E-state index contributed by atoms with van der Waals surface area (Å²) in [5, 5.41) is 2.94. The summed E-state index contributed by atoms with van der Waals surface area (Å²) in [5.74, 6) is 0.968. The Labute approximate surface area is 166 Å². The smallest absolute Gasteiger partial charge is 0.150 e. The lowest BCUT2D eigenvalue weighted by Gasteiger charge is -2.33. The van der Waals surface area contributed by atoms with Gasteiger partial charge in [-0.15, -0.1) is 0 Å². The second kappa shape index (κ2) is 9.40. The molecule has 1 heterocycles. The quantitative estimate of drug-likeness (QED) is 0.719. The molecule has 1 aliphatic rings. The van der Waals surface area contributed by atoms with Crippen molar-refractivity contribution in [1.82, 2.24) is 5.32 Å². The average Bonchev–Trinajstić information content (AvgIpc) is 2.71. The zero-order valence-electron chi connectivity index (χ0n) is 16.5. The topological polar surface area (TPSA) is 41.6 Å². The molecular weight excluding hydrogens is 355 g/mol. The lowest BCUT2D eigenvalue weighted by atomic mass is 9.97. The van der Waals surface area contributed by atoms with Crippen LogP contribution in [0.5, 0.6) is 5.75 Å². The fraction of sp³-hybridized carbons (Fsp3) is 0.348. The molecule has 1 aliphatic heterocycles. The Morgan fingerprint density at radius 1 is 1.25 bits per heavy atom. The molecule has 0 radical (unpaired) electrons. The average molecular weight is 382 g/mol. The van der Waals surface area contributed by atoms with Crippen LogP contribution in [-0.2, 0) is 0 Å². The molecule has 3 rings (SSSR count). The third kappa shape index (κ3) is 4.71. The van der Waals surface area contributed by atoms with E-state index in [4.69, 9.17) is 4.74 Å². The highest BCUT2D eigenvalue weighted by atomic mass is 19.1. The van der Waals surface area contributed by atoms with E-state index in [1.807, 2.05) is 44.3 Å². The Bertz CT molecular complexity index is 842. The van der Waals surface area contributed by atoms with Crippen molar-refractivity contribution in [3.05, 3.63) is 65.1 Å². The van der Waals surface area contributed by atoms with Gasteiger partial charge in [0.1, 0.15) is 11.6 Å². The molecule has 5 heteroatoms. The van der Waals surface area contributed by atoms with E-state index in [9.17, 15) is 9.18 Å². The molecule has 1 saturated heterocycles. The van der Waals surface area contributed by atoms with Crippen LogP contribution in [-0.4, -0.2) is 33.0 Å². The summed E-state index contributed by atoms with van der Waals surface area (Å²) in [7, 11) is 1.81. The molecule has 0 unspecified atom stereocenters. The lowest BCUT2D eigenvalue weighted by Crippen LogP contribution is -2.36. The summed E-state index contributed by atoms with van der Waals surface area (Å²) in [6.07, 6.45) is 6.37. The number of rotatable bonds is 7. The molecule has 0 aliphatic carbocycles. The first-order valence-electron chi connectivity index (χ1n) is 9.68. The number of nitrogens with one attached hydrogen (secondary N) is 1. The van der Waals surface area contributed by atoms with Crippen LogP contribution in [0.1, 0.15) is 34.3 Å². The Hall–Kier alpha value is -2.82. The minimum absolute atomic E-state index is 0.152. The number of halogens is 1. The highest BCUT2D eigenvalue weighted by Gasteiger charge is 2.22. The summed E-state index contributed by atoms with van der Waals surface area (Å²) in [4.78, 5) is 13.4. The summed E-state index contributed by atoms with van der Waals surface area (Å²) < 4.78 is 20.3. The highest BCUT2D eigenvalue weighted by molar-refractivity contribution is 5.84. The van der Waals surface area contributed by atoms with E-state index >= 15 is 0 Å². The standard InChI is InChI=1S/C23H27FN2O2/c1-17-6-7-22(21(24)14-17)26-12-9-18(10-13-26)16-28-23-5-3-4-19(15-27)20(23)8-11-25-2/h3-8,11,14-15,18,25H,9-10,12-13,16H2,1-2H3/b11-8-. The van der Waals surface area contributed by atoms with E-state index < -0.39 is 0 Å². The molecule has 1 N–H and O–H groups in total. The third-order valence-corrected chi connectivity index (χ3v) is 5.18. The number of piperidine rings is 1. The summed E-state index contributed by atoms with van der Waals surface area (Å²) >= 11 is 0. The van der Waals surface area contributed by atoms with Crippen LogP contribution < -0.4 is 15.0 Å². The number of carbonyl (C=O) groups is 1. The molecule has 0 bridgehead atoms. The third-order valence-electron chi connectivity index (χ3n) is 5.18. The molecule has 2 aromatic rings. The normalized spacial score (nSPS) is 15.0. The minimum Gasteiger partial charge on any atom is -0.493 e. The molecule has 148 valence electrons. The molecule has 0 aromatic heterocycles. The molecule has 0 amide bonds. The molecule has 0 spiro atoms. The number of aryl methyl sites for hydroxylation is 1. The van der Waals surface area contributed by atoms with Gasteiger partial charge in [0.25, 0.3) is 0 Å². The van der Waals surface area contributed by atoms with Crippen molar-refractivity contribution in [2.24, 2.45) is 5.92 Å².